The van der Waals surface area contributed by atoms with E-state index in [1.165, 1.54) is 6.92 Å². The lowest BCUT2D eigenvalue weighted by Crippen LogP contribution is -2.36. The number of oxime groups is 1. The molecule has 1 aromatic rings. The second-order valence-corrected chi connectivity index (χ2v) is 5.93. The van der Waals surface area contributed by atoms with Gasteiger partial charge in [0, 0.05) is 37.0 Å². The first-order valence-corrected chi connectivity index (χ1v) is 7.93. The number of nitrogens with zero attached hydrogens (tertiary/aromatic N) is 1. The fraction of sp³-hybridized carbons (Fsp3) is 0.400. The van der Waals surface area contributed by atoms with Crippen LogP contribution >= 0.6 is 23.2 Å². The Labute approximate surface area is 144 Å². The first-order valence-electron chi connectivity index (χ1n) is 7.17. The zero-order valence-electron chi connectivity index (χ0n) is 12.6. The van der Waals surface area contributed by atoms with Gasteiger partial charge in [-0.3, -0.25) is 9.59 Å². The molecule has 23 heavy (non-hydrogen) atoms. The van der Waals surface area contributed by atoms with Crippen LogP contribution in [0.15, 0.2) is 23.4 Å². The summed E-state index contributed by atoms with van der Waals surface area (Å²) in [6.45, 7) is 2.42. The second kappa shape index (κ2) is 8.17. The molecule has 0 saturated heterocycles. The summed E-state index contributed by atoms with van der Waals surface area (Å²) in [5.41, 5.74) is 1.32. The zero-order chi connectivity index (χ0) is 16.8. The van der Waals surface area contributed by atoms with Crippen LogP contribution in [0.4, 0.5) is 0 Å². The number of hydrogen-bond acceptors (Lipinski definition) is 4. The highest BCUT2D eigenvalue weighted by Gasteiger charge is 2.29. The predicted octanol–water partition coefficient (Wildman–Crippen LogP) is 2.13. The maximum Gasteiger partial charge on any atom is 0.264 e. The molecule has 8 heteroatoms. The number of hydrogen-bond donors (Lipinski definition) is 2. The fourth-order valence-electron chi connectivity index (χ4n) is 2.08. The van der Waals surface area contributed by atoms with E-state index in [0.29, 0.717) is 47.3 Å². The van der Waals surface area contributed by atoms with Gasteiger partial charge >= 0.3 is 0 Å². The van der Waals surface area contributed by atoms with Crippen molar-refractivity contribution in [3.05, 3.63) is 33.8 Å². The Morgan fingerprint density at radius 3 is 2.74 bits per heavy atom. The van der Waals surface area contributed by atoms with Crippen molar-refractivity contribution in [2.24, 2.45) is 5.16 Å². The highest BCUT2D eigenvalue weighted by molar-refractivity contribution is 6.37. The van der Waals surface area contributed by atoms with Gasteiger partial charge in [0.15, 0.2) is 0 Å². The van der Waals surface area contributed by atoms with Crippen LogP contribution in [-0.2, 0) is 14.4 Å². The summed E-state index contributed by atoms with van der Waals surface area (Å²) in [4.78, 5) is 27.9. The minimum Gasteiger partial charge on any atom is -0.382 e. The van der Waals surface area contributed by atoms with E-state index in [9.17, 15) is 9.59 Å². The molecular formula is C15H17Cl2N3O3. The van der Waals surface area contributed by atoms with Crippen molar-refractivity contribution in [2.45, 2.75) is 25.9 Å². The number of nitrogens with one attached hydrogen (secondary N) is 2. The zero-order valence-corrected chi connectivity index (χ0v) is 14.1. The summed E-state index contributed by atoms with van der Waals surface area (Å²) in [5, 5.41) is 10.4. The predicted molar refractivity (Wildman–Crippen MR) is 88.8 cm³/mol. The molecular weight excluding hydrogens is 341 g/mol. The largest absolute Gasteiger partial charge is 0.382 e. The van der Waals surface area contributed by atoms with Crippen molar-refractivity contribution < 1.29 is 14.4 Å². The molecule has 1 aromatic carbocycles. The van der Waals surface area contributed by atoms with Crippen molar-refractivity contribution >= 4 is 40.7 Å². The van der Waals surface area contributed by atoms with E-state index in [0.717, 1.165) is 0 Å². The average molecular weight is 358 g/mol. The standard InChI is InChI=1S/C15H17Cl2N3O3/c1-9(21)18-5-2-6-19-15(22)14-8-13(20-23-14)11-4-3-10(16)7-12(11)17/h3-4,7,14H,2,5-6,8H2,1H3,(H,18,21)(H,19,22). The van der Waals surface area contributed by atoms with Crippen LogP contribution in [0.25, 0.3) is 0 Å². The summed E-state index contributed by atoms with van der Waals surface area (Å²) in [6.07, 6.45) is 0.325. The Morgan fingerprint density at radius 2 is 2.04 bits per heavy atom. The lowest BCUT2D eigenvalue weighted by molar-refractivity contribution is -0.131. The van der Waals surface area contributed by atoms with Crippen LogP contribution in [0.1, 0.15) is 25.3 Å². The third kappa shape index (κ3) is 5.11. The van der Waals surface area contributed by atoms with Gasteiger partial charge in [-0.15, -0.1) is 0 Å². The van der Waals surface area contributed by atoms with Crippen molar-refractivity contribution in [3.8, 4) is 0 Å². The van der Waals surface area contributed by atoms with Gasteiger partial charge < -0.3 is 15.5 Å². The monoisotopic (exact) mass is 357 g/mol. The molecule has 0 radical (unpaired) electrons. The molecule has 2 rings (SSSR count). The van der Waals surface area contributed by atoms with Crippen molar-refractivity contribution in [1.82, 2.24) is 10.6 Å². The third-order valence-electron chi connectivity index (χ3n) is 3.23. The Bertz CT molecular complexity index is 634. The molecule has 2 amide bonds. The van der Waals surface area contributed by atoms with E-state index >= 15 is 0 Å². The van der Waals surface area contributed by atoms with Gasteiger partial charge in [-0.2, -0.15) is 0 Å². The first-order chi connectivity index (χ1) is 11.0. The smallest absolute Gasteiger partial charge is 0.264 e. The molecule has 1 atom stereocenters. The van der Waals surface area contributed by atoms with Gasteiger partial charge in [0.1, 0.15) is 0 Å². The second-order valence-electron chi connectivity index (χ2n) is 5.09. The van der Waals surface area contributed by atoms with Gasteiger partial charge in [-0.25, -0.2) is 0 Å². The van der Waals surface area contributed by atoms with E-state index < -0.39 is 6.10 Å². The number of benzene rings is 1. The van der Waals surface area contributed by atoms with Crippen molar-refractivity contribution in [1.29, 1.82) is 0 Å². The minimum absolute atomic E-state index is 0.0895. The van der Waals surface area contributed by atoms with E-state index in [4.69, 9.17) is 28.0 Å². The van der Waals surface area contributed by atoms with Crippen LogP contribution < -0.4 is 10.6 Å². The normalized spacial score (nSPS) is 16.5. The Hall–Kier alpha value is -1.79. The number of rotatable bonds is 6. The van der Waals surface area contributed by atoms with E-state index in [2.05, 4.69) is 15.8 Å². The van der Waals surface area contributed by atoms with Crippen molar-refractivity contribution in [2.75, 3.05) is 13.1 Å². The van der Waals surface area contributed by atoms with Gasteiger partial charge in [-0.05, 0) is 18.6 Å². The number of carbonyl (C=O) groups is 2. The summed E-state index contributed by atoms with van der Waals surface area (Å²) in [7, 11) is 0. The molecule has 2 N–H and O–H groups in total. The Balaban J connectivity index is 1.79. The number of amides is 2. The summed E-state index contributed by atoms with van der Waals surface area (Å²) >= 11 is 12.0. The molecule has 1 aliphatic rings. The van der Waals surface area contributed by atoms with Gasteiger partial charge in [-0.1, -0.05) is 34.4 Å². The highest BCUT2D eigenvalue weighted by Crippen LogP contribution is 2.25. The molecule has 0 aromatic heterocycles. The van der Waals surface area contributed by atoms with Crippen LogP contribution in [0, 0.1) is 0 Å². The number of carbonyl (C=O) groups excluding carboxylic acids is 2. The fourth-order valence-corrected chi connectivity index (χ4v) is 2.60. The SMILES string of the molecule is CC(=O)NCCCNC(=O)C1CC(c2ccc(Cl)cc2Cl)=NO1. The molecule has 124 valence electrons. The molecule has 6 nitrogen and oxygen atoms in total. The third-order valence-corrected chi connectivity index (χ3v) is 3.78. The van der Waals surface area contributed by atoms with Gasteiger partial charge in [0.05, 0.1) is 10.7 Å². The number of halogens is 2. The summed E-state index contributed by atoms with van der Waals surface area (Å²) in [6, 6.07) is 5.08. The molecule has 1 unspecified atom stereocenters. The topological polar surface area (TPSA) is 79.8 Å². The molecule has 0 aliphatic carbocycles. The molecule has 0 saturated carbocycles. The molecule has 0 spiro atoms. The summed E-state index contributed by atoms with van der Waals surface area (Å²) < 4.78 is 0. The molecule has 1 heterocycles. The first kappa shape index (κ1) is 17.6. The van der Waals surface area contributed by atoms with Crippen LogP contribution in [0.2, 0.25) is 10.0 Å². The Kier molecular flexibility index (Phi) is 6.24. The molecule has 0 fully saturated rings. The lowest BCUT2D eigenvalue weighted by Gasteiger charge is -2.09. The van der Waals surface area contributed by atoms with Crippen LogP contribution in [-0.4, -0.2) is 36.7 Å². The van der Waals surface area contributed by atoms with Crippen molar-refractivity contribution in [3.63, 3.8) is 0 Å². The Morgan fingerprint density at radius 1 is 1.30 bits per heavy atom. The minimum atomic E-state index is -0.669. The molecule has 1 aliphatic heterocycles. The average Bonchev–Trinajstić information content (AvgIpc) is 2.96. The molecule has 0 bridgehead atoms. The van der Waals surface area contributed by atoms with E-state index in [-0.39, 0.29) is 11.8 Å². The van der Waals surface area contributed by atoms with Gasteiger partial charge in [0.2, 0.25) is 12.0 Å². The maximum atomic E-state index is 12.0. The maximum absolute atomic E-state index is 12.0. The highest BCUT2D eigenvalue weighted by atomic mass is 35.5. The van der Waals surface area contributed by atoms with E-state index in [1.807, 2.05) is 0 Å². The quantitative estimate of drug-likeness (QED) is 0.765. The van der Waals surface area contributed by atoms with Crippen LogP contribution in [0.3, 0.4) is 0 Å². The van der Waals surface area contributed by atoms with Gasteiger partial charge in [0.25, 0.3) is 5.91 Å². The summed E-state index contributed by atoms with van der Waals surface area (Å²) in [5.74, 6) is -0.329. The van der Waals surface area contributed by atoms with Crippen LogP contribution in [0.5, 0.6) is 0 Å². The van der Waals surface area contributed by atoms with E-state index in [1.54, 1.807) is 18.2 Å². The lowest BCUT2D eigenvalue weighted by atomic mass is 10.0.